The third kappa shape index (κ3) is 2.40. The Morgan fingerprint density at radius 1 is 1.62 bits per heavy atom. The highest BCUT2D eigenvalue weighted by Crippen LogP contribution is 2.22. The third-order valence-corrected chi connectivity index (χ3v) is 2.83. The lowest BCUT2D eigenvalue weighted by molar-refractivity contribution is 0.477. The SMILES string of the molecule is CCSc1cc(N)n(C(C)CC)n1. The van der Waals surface area contributed by atoms with Crippen LogP contribution in [0.2, 0.25) is 0 Å². The lowest BCUT2D eigenvalue weighted by atomic mass is 10.3. The molecule has 1 atom stereocenters. The zero-order valence-corrected chi connectivity index (χ0v) is 9.27. The van der Waals surface area contributed by atoms with Gasteiger partial charge in [0.05, 0.1) is 6.04 Å². The number of nitrogen functional groups attached to an aromatic ring is 1. The van der Waals surface area contributed by atoms with E-state index >= 15 is 0 Å². The number of thioether (sulfide) groups is 1. The Morgan fingerprint density at radius 3 is 2.85 bits per heavy atom. The maximum Gasteiger partial charge on any atom is 0.123 e. The van der Waals surface area contributed by atoms with Crippen LogP contribution in [0.5, 0.6) is 0 Å². The maximum absolute atomic E-state index is 5.84. The fraction of sp³-hybridized carbons (Fsp3) is 0.667. The van der Waals surface area contributed by atoms with Crippen LogP contribution in [0.25, 0.3) is 0 Å². The maximum atomic E-state index is 5.84. The van der Waals surface area contributed by atoms with Crippen molar-refractivity contribution in [2.24, 2.45) is 0 Å². The van der Waals surface area contributed by atoms with Gasteiger partial charge in [-0.2, -0.15) is 5.10 Å². The number of hydrogen-bond donors (Lipinski definition) is 1. The van der Waals surface area contributed by atoms with Gasteiger partial charge in [-0.1, -0.05) is 13.8 Å². The first-order valence-electron chi connectivity index (χ1n) is 4.66. The molecule has 0 bridgehead atoms. The fourth-order valence-corrected chi connectivity index (χ4v) is 1.78. The van der Waals surface area contributed by atoms with Crippen LogP contribution in [0.15, 0.2) is 11.1 Å². The molecule has 1 heterocycles. The molecular formula is C9H17N3S. The minimum absolute atomic E-state index is 0.395. The summed E-state index contributed by atoms with van der Waals surface area (Å²) in [6, 6.07) is 2.34. The van der Waals surface area contributed by atoms with Crippen molar-refractivity contribution in [2.75, 3.05) is 11.5 Å². The van der Waals surface area contributed by atoms with Gasteiger partial charge < -0.3 is 5.73 Å². The Kier molecular flexibility index (Phi) is 3.66. The largest absolute Gasteiger partial charge is 0.384 e. The first-order valence-corrected chi connectivity index (χ1v) is 5.65. The van der Waals surface area contributed by atoms with Crippen LogP contribution in [0, 0.1) is 0 Å². The van der Waals surface area contributed by atoms with Crippen molar-refractivity contribution in [2.45, 2.75) is 38.3 Å². The number of rotatable bonds is 4. The predicted octanol–water partition coefficient (Wildman–Crippen LogP) is 2.55. The number of anilines is 1. The van der Waals surface area contributed by atoms with Crippen molar-refractivity contribution in [1.29, 1.82) is 0 Å². The molecule has 1 rings (SSSR count). The molecule has 0 aromatic carbocycles. The Balaban J connectivity index is 2.82. The Morgan fingerprint density at radius 2 is 2.31 bits per heavy atom. The van der Waals surface area contributed by atoms with Gasteiger partial charge in [0, 0.05) is 6.07 Å². The summed E-state index contributed by atoms with van der Waals surface area (Å²) in [5.74, 6) is 1.81. The highest BCUT2D eigenvalue weighted by molar-refractivity contribution is 7.99. The van der Waals surface area contributed by atoms with Gasteiger partial charge in [-0.25, -0.2) is 4.68 Å². The predicted molar refractivity (Wildman–Crippen MR) is 58.0 cm³/mol. The van der Waals surface area contributed by atoms with Crippen molar-refractivity contribution in [3.05, 3.63) is 6.07 Å². The van der Waals surface area contributed by atoms with Crippen LogP contribution >= 0.6 is 11.8 Å². The van der Waals surface area contributed by atoms with E-state index in [9.17, 15) is 0 Å². The molecule has 74 valence electrons. The molecule has 0 saturated heterocycles. The second-order valence-corrected chi connectivity index (χ2v) is 4.33. The van der Waals surface area contributed by atoms with E-state index in [0.717, 1.165) is 23.0 Å². The van der Waals surface area contributed by atoms with Crippen LogP contribution in [0.3, 0.4) is 0 Å². The van der Waals surface area contributed by atoms with Gasteiger partial charge in [0.15, 0.2) is 0 Å². The van der Waals surface area contributed by atoms with Crippen molar-refractivity contribution >= 4 is 17.6 Å². The summed E-state index contributed by atoms with van der Waals surface area (Å²) in [4.78, 5) is 0. The van der Waals surface area contributed by atoms with Crippen LogP contribution in [-0.2, 0) is 0 Å². The summed E-state index contributed by atoms with van der Waals surface area (Å²) >= 11 is 1.73. The molecule has 2 N–H and O–H groups in total. The second kappa shape index (κ2) is 4.56. The number of nitrogens with two attached hydrogens (primary N) is 1. The average molecular weight is 199 g/mol. The molecule has 0 aliphatic rings. The molecular weight excluding hydrogens is 182 g/mol. The topological polar surface area (TPSA) is 43.8 Å². The summed E-state index contributed by atoms with van der Waals surface area (Å²) in [5.41, 5.74) is 5.84. The van der Waals surface area contributed by atoms with Crippen LogP contribution in [0.4, 0.5) is 5.82 Å². The van der Waals surface area contributed by atoms with Gasteiger partial charge in [-0.3, -0.25) is 0 Å². The van der Waals surface area contributed by atoms with E-state index in [1.165, 1.54) is 0 Å². The first kappa shape index (κ1) is 10.4. The van der Waals surface area contributed by atoms with Gasteiger partial charge in [0.25, 0.3) is 0 Å². The number of hydrogen-bond acceptors (Lipinski definition) is 3. The van der Waals surface area contributed by atoms with Gasteiger partial charge >= 0.3 is 0 Å². The monoisotopic (exact) mass is 199 g/mol. The Labute approximate surface area is 83.7 Å². The quantitative estimate of drug-likeness (QED) is 0.758. The normalized spacial score (nSPS) is 13.2. The van der Waals surface area contributed by atoms with E-state index in [1.807, 2.05) is 10.7 Å². The van der Waals surface area contributed by atoms with E-state index in [2.05, 4.69) is 25.9 Å². The second-order valence-electron chi connectivity index (χ2n) is 3.04. The van der Waals surface area contributed by atoms with Crippen molar-refractivity contribution in [3.63, 3.8) is 0 Å². The van der Waals surface area contributed by atoms with Crippen LogP contribution in [-0.4, -0.2) is 15.5 Å². The molecule has 1 unspecified atom stereocenters. The van der Waals surface area contributed by atoms with E-state index in [0.29, 0.717) is 6.04 Å². The highest BCUT2D eigenvalue weighted by atomic mass is 32.2. The molecule has 0 aliphatic heterocycles. The summed E-state index contributed by atoms with van der Waals surface area (Å²) in [5, 5.41) is 5.45. The molecule has 1 aromatic heterocycles. The molecule has 4 heteroatoms. The minimum Gasteiger partial charge on any atom is -0.384 e. The molecule has 0 saturated carbocycles. The van der Waals surface area contributed by atoms with Crippen molar-refractivity contribution in [1.82, 2.24) is 9.78 Å². The van der Waals surface area contributed by atoms with E-state index < -0.39 is 0 Å². The smallest absolute Gasteiger partial charge is 0.123 e. The number of nitrogens with zero attached hydrogens (tertiary/aromatic N) is 2. The van der Waals surface area contributed by atoms with Crippen LogP contribution in [0.1, 0.15) is 33.2 Å². The Bertz CT molecular complexity index is 270. The third-order valence-electron chi connectivity index (χ3n) is 2.04. The van der Waals surface area contributed by atoms with E-state index in [4.69, 9.17) is 5.73 Å². The average Bonchev–Trinajstić information content (AvgIpc) is 2.46. The van der Waals surface area contributed by atoms with Gasteiger partial charge in [0.2, 0.25) is 0 Å². The van der Waals surface area contributed by atoms with Crippen molar-refractivity contribution < 1.29 is 0 Å². The molecule has 0 fully saturated rings. The summed E-state index contributed by atoms with van der Waals surface area (Å²) < 4.78 is 1.90. The van der Waals surface area contributed by atoms with E-state index in [1.54, 1.807) is 11.8 Å². The molecule has 0 aliphatic carbocycles. The molecule has 0 spiro atoms. The van der Waals surface area contributed by atoms with Gasteiger partial charge in [0.1, 0.15) is 10.8 Å². The zero-order valence-electron chi connectivity index (χ0n) is 8.45. The van der Waals surface area contributed by atoms with Crippen molar-refractivity contribution in [3.8, 4) is 0 Å². The Hall–Kier alpha value is -0.640. The molecule has 0 amide bonds. The molecule has 3 nitrogen and oxygen atoms in total. The highest BCUT2D eigenvalue weighted by Gasteiger charge is 2.09. The number of aromatic nitrogens is 2. The lowest BCUT2D eigenvalue weighted by Crippen LogP contribution is -2.08. The molecule has 1 aromatic rings. The molecule has 0 radical (unpaired) electrons. The van der Waals surface area contributed by atoms with Crippen LogP contribution < -0.4 is 5.73 Å². The molecule has 13 heavy (non-hydrogen) atoms. The summed E-state index contributed by atoms with van der Waals surface area (Å²) in [6.07, 6.45) is 1.06. The van der Waals surface area contributed by atoms with Gasteiger partial charge in [-0.15, -0.1) is 11.8 Å². The fourth-order valence-electron chi connectivity index (χ4n) is 1.13. The lowest BCUT2D eigenvalue weighted by Gasteiger charge is -2.10. The zero-order chi connectivity index (χ0) is 9.84. The van der Waals surface area contributed by atoms with E-state index in [-0.39, 0.29) is 0 Å². The first-order chi connectivity index (χ1) is 6.19. The summed E-state index contributed by atoms with van der Waals surface area (Å²) in [7, 11) is 0. The standard InChI is InChI=1S/C9H17N3S/c1-4-7(3)12-8(10)6-9(11-12)13-5-2/h6-7H,4-5,10H2,1-3H3. The minimum atomic E-state index is 0.395. The van der Waals surface area contributed by atoms with Gasteiger partial charge in [-0.05, 0) is 19.1 Å². The summed E-state index contributed by atoms with van der Waals surface area (Å²) in [6.45, 7) is 6.38.